The smallest absolute Gasteiger partial charge is 0.169 e. The molecule has 4 fully saturated rings. The van der Waals surface area contributed by atoms with Gasteiger partial charge < -0.3 is 9.47 Å². The Labute approximate surface area is 134 Å². The lowest BCUT2D eigenvalue weighted by atomic mass is 9.56. The van der Waals surface area contributed by atoms with Gasteiger partial charge in [0.2, 0.25) is 0 Å². The van der Waals surface area contributed by atoms with E-state index in [0.717, 1.165) is 43.8 Å². The maximum Gasteiger partial charge on any atom is 0.169 e. The number of allylic oxidation sites excluding steroid dienone is 2. The van der Waals surface area contributed by atoms with Crippen LogP contribution in [0.2, 0.25) is 0 Å². The van der Waals surface area contributed by atoms with Gasteiger partial charge in [-0.2, -0.15) is 0 Å². The summed E-state index contributed by atoms with van der Waals surface area (Å²) in [4.78, 5) is 0. The Morgan fingerprint density at radius 2 is 1.73 bits per heavy atom. The minimum absolute atomic E-state index is 0.196. The van der Waals surface area contributed by atoms with Crippen molar-refractivity contribution in [3.8, 4) is 0 Å². The quantitative estimate of drug-likeness (QED) is 0.596. The van der Waals surface area contributed by atoms with E-state index in [4.69, 9.17) is 9.47 Å². The molecule has 1 saturated heterocycles. The molecule has 5 rings (SSSR count). The zero-order valence-corrected chi connectivity index (χ0v) is 14.0. The van der Waals surface area contributed by atoms with E-state index in [0.29, 0.717) is 5.41 Å². The summed E-state index contributed by atoms with van der Waals surface area (Å²) in [5.41, 5.74) is 4.44. The molecule has 22 heavy (non-hydrogen) atoms. The van der Waals surface area contributed by atoms with Crippen LogP contribution in [0.15, 0.2) is 11.1 Å². The minimum Gasteiger partial charge on any atom is -0.348 e. The van der Waals surface area contributed by atoms with Gasteiger partial charge in [0.15, 0.2) is 5.79 Å². The zero-order valence-electron chi connectivity index (χ0n) is 14.0. The molecule has 1 heterocycles. The molecule has 5 aliphatic rings. The van der Waals surface area contributed by atoms with Crippen LogP contribution >= 0.6 is 0 Å². The molecule has 2 nitrogen and oxygen atoms in total. The van der Waals surface area contributed by atoms with Gasteiger partial charge in [-0.3, -0.25) is 0 Å². The molecule has 4 aliphatic carbocycles. The van der Waals surface area contributed by atoms with Crippen molar-refractivity contribution >= 4 is 0 Å². The van der Waals surface area contributed by atoms with Gasteiger partial charge in [0.1, 0.15) is 0 Å². The van der Waals surface area contributed by atoms with Crippen LogP contribution in [0.25, 0.3) is 0 Å². The number of hydrogen-bond donors (Lipinski definition) is 0. The Kier molecular flexibility index (Phi) is 3.08. The molecular weight excluding hydrogens is 272 g/mol. The Balaban J connectivity index is 1.44. The molecule has 0 aromatic rings. The van der Waals surface area contributed by atoms with Gasteiger partial charge in [-0.25, -0.2) is 0 Å². The van der Waals surface area contributed by atoms with Crippen LogP contribution in [0.5, 0.6) is 0 Å². The van der Waals surface area contributed by atoms with Crippen LogP contribution in [0, 0.1) is 23.2 Å². The average molecular weight is 302 g/mol. The standard InChI is InChI=1S/C20H30O2/c1-19-8-2-3-18(19)17-5-4-14-13-20(21-11-12-22-20)10-7-15(14)16(17)6-9-19/h14,17-18H,2-13H2,1H3/t14?,17-,18+,19+/m1/s1. The number of ether oxygens (including phenoxy) is 2. The number of fused-ring (bicyclic) bond motifs is 4. The van der Waals surface area contributed by atoms with E-state index in [9.17, 15) is 0 Å². The monoisotopic (exact) mass is 302 g/mol. The van der Waals surface area contributed by atoms with Crippen LogP contribution in [0.1, 0.15) is 71.1 Å². The van der Waals surface area contributed by atoms with Gasteiger partial charge in [0.05, 0.1) is 13.2 Å². The third-order valence-corrected chi connectivity index (χ3v) is 7.93. The summed E-state index contributed by atoms with van der Waals surface area (Å²) < 4.78 is 12.0. The second-order valence-electron chi connectivity index (χ2n) is 8.90. The summed E-state index contributed by atoms with van der Waals surface area (Å²) in [5, 5.41) is 0. The first-order valence-electron chi connectivity index (χ1n) is 9.69. The highest BCUT2D eigenvalue weighted by molar-refractivity contribution is 5.29. The third kappa shape index (κ3) is 1.92. The first-order chi connectivity index (χ1) is 10.7. The first kappa shape index (κ1) is 14.0. The highest BCUT2D eigenvalue weighted by atomic mass is 16.7. The lowest BCUT2D eigenvalue weighted by molar-refractivity contribution is -0.181. The van der Waals surface area contributed by atoms with E-state index in [-0.39, 0.29) is 5.79 Å². The predicted molar refractivity (Wildman–Crippen MR) is 86.4 cm³/mol. The zero-order chi connectivity index (χ0) is 14.8. The summed E-state index contributed by atoms with van der Waals surface area (Å²) in [6.45, 7) is 4.21. The summed E-state index contributed by atoms with van der Waals surface area (Å²) in [6, 6.07) is 0. The van der Waals surface area contributed by atoms with Gasteiger partial charge in [0, 0.05) is 12.8 Å². The maximum atomic E-state index is 6.01. The van der Waals surface area contributed by atoms with Crippen molar-refractivity contribution < 1.29 is 9.47 Å². The fraction of sp³-hybridized carbons (Fsp3) is 0.900. The molecule has 0 bridgehead atoms. The van der Waals surface area contributed by atoms with Crippen LogP contribution in [0.3, 0.4) is 0 Å². The molecule has 1 aliphatic heterocycles. The van der Waals surface area contributed by atoms with Gasteiger partial charge in [0.25, 0.3) is 0 Å². The van der Waals surface area contributed by atoms with Crippen molar-refractivity contribution in [3.05, 3.63) is 11.1 Å². The lowest BCUT2D eigenvalue weighted by Crippen LogP contribution is -2.42. The SMILES string of the molecule is C[C@@]12CCC[C@H]1[C@@H]1CCC3CC4(CCC3=C1CC2)OCCO4. The summed E-state index contributed by atoms with van der Waals surface area (Å²) in [6.07, 6.45) is 13.7. The normalized spacial score (nSPS) is 46.5. The summed E-state index contributed by atoms with van der Waals surface area (Å²) in [7, 11) is 0. The van der Waals surface area contributed by atoms with E-state index in [1.165, 1.54) is 51.4 Å². The van der Waals surface area contributed by atoms with Crippen molar-refractivity contribution in [2.24, 2.45) is 23.2 Å². The van der Waals surface area contributed by atoms with Crippen molar-refractivity contribution in [2.75, 3.05) is 13.2 Å². The molecule has 1 unspecified atom stereocenters. The van der Waals surface area contributed by atoms with Crippen molar-refractivity contribution in [1.82, 2.24) is 0 Å². The molecular formula is C20H30O2. The van der Waals surface area contributed by atoms with Crippen molar-refractivity contribution in [1.29, 1.82) is 0 Å². The van der Waals surface area contributed by atoms with E-state index >= 15 is 0 Å². The lowest BCUT2D eigenvalue weighted by Gasteiger charge is -2.50. The number of rotatable bonds is 0. The fourth-order valence-corrected chi connectivity index (χ4v) is 6.85. The van der Waals surface area contributed by atoms with E-state index in [1.54, 1.807) is 0 Å². The Hall–Kier alpha value is -0.340. The Bertz CT molecular complexity index is 502. The molecule has 0 N–H and O–H groups in total. The largest absolute Gasteiger partial charge is 0.348 e. The van der Waals surface area contributed by atoms with Gasteiger partial charge >= 0.3 is 0 Å². The van der Waals surface area contributed by atoms with Gasteiger partial charge in [-0.15, -0.1) is 0 Å². The van der Waals surface area contributed by atoms with Crippen LogP contribution in [0.4, 0.5) is 0 Å². The van der Waals surface area contributed by atoms with Crippen LogP contribution < -0.4 is 0 Å². The number of hydrogen-bond acceptors (Lipinski definition) is 2. The minimum atomic E-state index is -0.196. The average Bonchev–Trinajstić information content (AvgIpc) is 3.13. The molecule has 0 aromatic heterocycles. The van der Waals surface area contributed by atoms with Gasteiger partial charge in [-0.05, 0) is 68.1 Å². The van der Waals surface area contributed by atoms with Crippen molar-refractivity contribution in [3.63, 3.8) is 0 Å². The van der Waals surface area contributed by atoms with Crippen LogP contribution in [-0.2, 0) is 9.47 Å². The molecule has 2 heteroatoms. The second kappa shape index (κ2) is 4.83. The van der Waals surface area contributed by atoms with Gasteiger partial charge in [-0.1, -0.05) is 24.5 Å². The summed E-state index contributed by atoms with van der Waals surface area (Å²) >= 11 is 0. The highest BCUT2D eigenvalue weighted by Crippen LogP contribution is 2.61. The maximum absolute atomic E-state index is 6.01. The van der Waals surface area contributed by atoms with E-state index in [1.807, 2.05) is 11.1 Å². The molecule has 0 amide bonds. The molecule has 0 aromatic carbocycles. The Morgan fingerprint density at radius 3 is 2.59 bits per heavy atom. The summed E-state index contributed by atoms with van der Waals surface area (Å²) in [5.74, 6) is 2.51. The topological polar surface area (TPSA) is 18.5 Å². The molecule has 122 valence electrons. The second-order valence-corrected chi connectivity index (χ2v) is 8.90. The molecule has 0 radical (unpaired) electrons. The predicted octanol–water partition coefficient (Wildman–Crippen LogP) is 4.84. The van der Waals surface area contributed by atoms with E-state index in [2.05, 4.69) is 6.92 Å². The first-order valence-corrected chi connectivity index (χ1v) is 9.69. The molecule has 3 saturated carbocycles. The highest BCUT2D eigenvalue weighted by Gasteiger charge is 2.51. The van der Waals surface area contributed by atoms with Crippen LogP contribution in [-0.4, -0.2) is 19.0 Å². The van der Waals surface area contributed by atoms with Crippen molar-refractivity contribution in [2.45, 2.75) is 76.9 Å². The molecule has 1 spiro atoms. The van der Waals surface area contributed by atoms with E-state index < -0.39 is 0 Å². The third-order valence-electron chi connectivity index (χ3n) is 7.93. The molecule has 4 atom stereocenters. The fourth-order valence-electron chi connectivity index (χ4n) is 6.85. The Morgan fingerprint density at radius 1 is 0.909 bits per heavy atom.